The number of aryl methyl sites for hydroxylation is 1. The van der Waals surface area contributed by atoms with Crippen molar-refractivity contribution in [2.75, 3.05) is 49.1 Å². The standard InChI is InChI=1S/C16H27N5O/c1-12-13(2)18-16(20-7-3-4-8-20)19-15(12)21-9-10-22-14(11-21)5-6-17/h14H,3-11,17H2,1-2H3/t14-/m0/s1. The molecule has 22 heavy (non-hydrogen) atoms. The van der Waals surface area contributed by atoms with E-state index >= 15 is 0 Å². The summed E-state index contributed by atoms with van der Waals surface area (Å²) >= 11 is 0. The van der Waals surface area contributed by atoms with Crippen LogP contribution in [0, 0.1) is 13.8 Å². The predicted molar refractivity (Wildman–Crippen MR) is 88.6 cm³/mol. The molecule has 2 aliphatic heterocycles. The molecule has 122 valence electrons. The lowest BCUT2D eigenvalue weighted by Gasteiger charge is -2.35. The van der Waals surface area contributed by atoms with E-state index in [4.69, 9.17) is 20.4 Å². The summed E-state index contributed by atoms with van der Waals surface area (Å²) in [5, 5.41) is 0. The maximum absolute atomic E-state index is 5.79. The van der Waals surface area contributed by atoms with E-state index < -0.39 is 0 Å². The molecule has 3 rings (SSSR count). The van der Waals surface area contributed by atoms with Gasteiger partial charge in [0.05, 0.1) is 12.7 Å². The number of nitrogens with zero attached hydrogens (tertiary/aromatic N) is 4. The van der Waals surface area contributed by atoms with Crippen molar-refractivity contribution in [1.82, 2.24) is 9.97 Å². The molecule has 0 aromatic carbocycles. The zero-order valence-electron chi connectivity index (χ0n) is 13.7. The second kappa shape index (κ2) is 6.79. The number of ether oxygens (including phenoxy) is 1. The number of aromatic nitrogens is 2. The van der Waals surface area contributed by atoms with Crippen LogP contribution in [-0.4, -0.2) is 55.4 Å². The van der Waals surface area contributed by atoms with Crippen molar-refractivity contribution in [3.05, 3.63) is 11.3 Å². The van der Waals surface area contributed by atoms with Crippen LogP contribution in [0.1, 0.15) is 30.5 Å². The average molecular weight is 305 g/mol. The first-order chi connectivity index (χ1) is 10.7. The van der Waals surface area contributed by atoms with Gasteiger partial charge in [0.15, 0.2) is 0 Å². The molecule has 0 amide bonds. The van der Waals surface area contributed by atoms with Crippen LogP contribution < -0.4 is 15.5 Å². The van der Waals surface area contributed by atoms with Crippen molar-refractivity contribution in [2.45, 2.75) is 39.2 Å². The molecule has 2 aliphatic rings. The first kappa shape index (κ1) is 15.5. The maximum atomic E-state index is 5.79. The predicted octanol–water partition coefficient (Wildman–Crippen LogP) is 1.25. The molecule has 1 atom stereocenters. The number of hydrogen-bond acceptors (Lipinski definition) is 6. The summed E-state index contributed by atoms with van der Waals surface area (Å²) in [6.07, 6.45) is 3.59. The van der Waals surface area contributed by atoms with Gasteiger partial charge < -0.3 is 20.3 Å². The van der Waals surface area contributed by atoms with Crippen LogP contribution in [0.25, 0.3) is 0 Å². The zero-order chi connectivity index (χ0) is 15.5. The Morgan fingerprint density at radius 3 is 2.64 bits per heavy atom. The molecule has 0 bridgehead atoms. The van der Waals surface area contributed by atoms with Crippen molar-refractivity contribution in [3.8, 4) is 0 Å². The van der Waals surface area contributed by atoms with Gasteiger partial charge in [0.1, 0.15) is 5.82 Å². The molecule has 0 radical (unpaired) electrons. The quantitative estimate of drug-likeness (QED) is 0.903. The molecule has 2 saturated heterocycles. The Kier molecular flexibility index (Phi) is 4.78. The molecule has 0 saturated carbocycles. The second-order valence-corrected chi connectivity index (χ2v) is 6.27. The van der Waals surface area contributed by atoms with Gasteiger partial charge in [-0.1, -0.05) is 0 Å². The number of morpholine rings is 1. The molecule has 3 heterocycles. The van der Waals surface area contributed by atoms with E-state index in [9.17, 15) is 0 Å². The molecule has 2 N–H and O–H groups in total. The monoisotopic (exact) mass is 305 g/mol. The van der Waals surface area contributed by atoms with E-state index in [1.807, 2.05) is 0 Å². The van der Waals surface area contributed by atoms with E-state index in [0.29, 0.717) is 6.54 Å². The normalized spacial score (nSPS) is 22.4. The lowest BCUT2D eigenvalue weighted by molar-refractivity contribution is 0.0365. The van der Waals surface area contributed by atoms with Crippen molar-refractivity contribution in [3.63, 3.8) is 0 Å². The molecule has 1 aromatic heterocycles. The molecule has 0 spiro atoms. The smallest absolute Gasteiger partial charge is 0.227 e. The van der Waals surface area contributed by atoms with Gasteiger partial charge in [-0.2, -0.15) is 4.98 Å². The molecule has 6 nitrogen and oxygen atoms in total. The summed E-state index contributed by atoms with van der Waals surface area (Å²) in [6.45, 7) is 9.50. The molecule has 0 unspecified atom stereocenters. The van der Waals surface area contributed by atoms with E-state index in [1.54, 1.807) is 0 Å². The SMILES string of the molecule is Cc1nc(N2CCCC2)nc(N2CCO[C@@H](CCN)C2)c1C. The lowest BCUT2D eigenvalue weighted by atomic mass is 10.1. The van der Waals surface area contributed by atoms with Gasteiger partial charge in [-0.25, -0.2) is 4.98 Å². The average Bonchev–Trinajstić information content (AvgIpc) is 3.05. The minimum absolute atomic E-state index is 0.212. The van der Waals surface area contributed by atoms with Gasteiger partial charge in [0.2, 0.25) is 5.95 Å². The Labute approximate surface area is 132 Å². The molecular formula is C16H27N5O. The summed E-state index contributed by atoms with van der Waals surface area (Å²) in [4.78, 5) is 14.2. The van der Waals surface area contributed by atoms with Gasteiger partial charge in [0, 0.05) is 37.4 Å². The largest absolute Gasteiger partial charge is 0.374 e. The van der Waals surface area contributed by atoms with Crippen LogP contribution in [0.5, 0.6) is 0 Å². The van der Waals surface area contributed by atoms with Crippen molar-refractivity contribution < 1.29 is 4.74 Å². The summed E-state index contributed by atoms with van der Waals surface area (Å²) < 4.78 is 5.79. The van der Waals surface area contributed by atoms with Crippen LogP contribution in [0.4, 0.5) is 11.8 Å². The Morgan fingerprint density at radius 1 is 1.14 bits per heavy atom. The number of anilines is 2. The Hall–Kier alpha value is -1.40. The second-order valence-electron chi connectivity index (χ2n) is 6.27. The van der Waals surface area contributed by atoms with Crippen molar-refractivity contribution >= 4 is 11.8 Å². The Bertz CT molecular complexity index is 514. The summed E-state index contributed by atoms with van der Waals surface area (Å²) in [6, 6.07) is 0. The molecular weight excluding hydrogens is 278 g/mol. The van der Waals surface area contributed by atoms with Crippen LogP contribution in [0.15, 0.2) is 0 Å². The molecule has 1 aromatic rings. The summed E-state index contributed by atoms with van der Waals surface area (Å²) in [5.41, 5.74) is 7.93. The minimum Gasteiger partial charge on any atom is -0.374 e. The van der Waals surface area contributed by atoms with E-state index in [1.165, 1.54) is 18.4 Å². The van der Waals surface area contributed by atoms with Crippen LogP contribution in [-0.2, 0) is 4.74 Å². The third-order valence-electron chi connectivity index (χ3n) is 4.67. The van der Waals surface area contributed by atoms with Gasteiger partial charge in [-0.3, -0.25) is 0 Å². The topological polar surface area (TPSA) is 67.5 Å². The number of nitrogens with two attached hydrogens (primary N) is 1. The first-order valence-electron chi connectivity index (χ1n) is 8.36. The lowest BCUT2D eigenvalue weighted by Crippen LogP contribution is -2.44. The third kappa shape index (κ3) is 3.17. The van der Waals surface area contributed by atoms with E-state index in [-0.39, 0.29) is 6.10 Å². The van der Waals surface area contributed by atoms with Gasteiger partial charge in [-0.15, -0.1) is 0 Å². The molecule has 2 fully saturated rings. The zero-order valence-corrected chi connectivity index (χ0v) is 13.7. The third-order valence-corrected chi connectivity index (χ3v) is 4.67. The highest BCUT2D eigenvalue weighted by Gasteiger charge is 2.25. The fourth-order valence-corrected chi connectivity index (χ4v) is 3.24. The first-order valence-corrected chi connectivity index (χ1v) is 8.36. The fourth-order valence-electron chi connectivity index (χ4n) is 3.24. The summed E-state index contributed by atoms with van der Waals surface area (Å²) in [7, 11) is 0. The van der Waals surface area contributed by atoms with E-state index in [2.05, 4.69) is 23.6 Å². The van der Waals surface area contributed by atoms with Crippen molar-refractivity contribution in [2.24, 2.45) is 5.73 Å². The fraction of sp³-hybridized carbons (Fsp3) is 0.750. The highest BCUT2D eigenvalue weighted by atomic mass is 16.5. The minimum atomic E-state index is 0.212. The summed E-state index contributed by atoms with van der Waals surface area (Å²) in [5.74, 6) is 1.96. The highest BCUT2D eigenvalue weighted by Crippen LogP contribution is 2.26. The highest BCUT2D eigenvalue weighted by molar-refractivity contribution is 5.53. The molecule has 0 aliphatic carbocycles. The molecule has 6 heteroatoms. The van der Waals surface area contributed by atoms with Gasteiger partial charge in [-0.05, 0) is 39.7 Å². The van der Waals surface area contributed by atoms with Crippen LogP contribution in [0.2, 0.25) is 0 Å². The van der Waals surface area contributed by atoms with E-state index in [0.717, 1.165) is 56.7 Å². The van der Waals surface area contributed by atoms with Crippen LogP contribution in [0.3, 0.4) is 0 Å². The Morgan fingerprint density at radius 2 is 1.91 bits per heavy atom. The number of hydrogen-bond donors (Lipinski definition) is 1. The maximum Gasteiger partial charge on any atom is 0.227 e. The van der Waals surface area contributed by atoms with Gasteiger partial charge >= 0.3 is 0 Å². The van der Waals surface area contributed by atoms with Crippen LogP contribution >= 0.6 is 0 Å². The van der Waals surface area contributed by atoms with Gasteiger partial charge in [0.25, 0.3) is 0 Å². The Balaban J connectivity index is 1.85. The van der Waals surface area contributed by atoms with Crippen molar-refractivity contribution in [1.29, 1.82) is 0 Å². The number of rotatable bonds is 4.